The van der Waals surface area contributed by atoms with Crippen molar-refractivity contribution in [3.05, 3.63) is 21.9 Å². The van der Waals surface area contributed by atoms with Crippen LogP contribution in [-0.4, -0.2) is 32.3 Å². The van der Waals surface area contributed by atoms with Crippen LogP contribution >= 0.6 is 11.3 Å². The molecule has 0 aliphatic carbocycles. The van der Waals surface area contributed by atoms with Gasteiger partial charge in [-0.1, -0.05) is 0 Å². The Balaban J connectivity index is 1.98. The molecule has 0 amide bonds. The van der Waals surface area contributed by atoms with Crippen molar-refractivity contribution in [3.63, 3.8) is 0 Å². The summed E-state index contributed by atoms with van der Waals surface area (Å²) in [7, 11) is 0. The summed E-state index contributed by atoms with van der Waals surface area (Å²) in [6, 6.07) is 0. The van der Waals surface area contributed by atoms with E-state index in [0.29, 0.717) is 13.2 Å². The number of ether oxygens (including phenoxy) is 2. The van der Waals surface area contributed by atoms with Crippen LogP contribution in [0.3, 0.4) is 0 Å². The molecule has 1 rings (SSSR count). The van der Waals surface area contributed by atoms with E-state index < -0.39 is 0 Å². The van der Waals surface area contributed by atoms with Gasteiger partial charge in [0, 0.05) is 13.1 Å². The smallest absolute Gasteiger partial charge is 0.332 e. The third kappa shape index (κ3) is 5.81. The van der Waals surface area contributed by atoms with Gasteiger partial charge in [-0.05, 0) is 35.7 Å². The molecule has 0 saturated heterocycles. The van der Waals surface area contributed by atoms with Crippen molar-refractivity contribution >= 4 is 17.3 Å². The average molecular weight is 257 g/mol. The molecular formula is C12H19NO3S. The molecule has 1 aromatic rings. The molecule has 5 heteroatoms. The van der Waals surface area contributed by atoms with Crippen LogP contribution in [0, 0.1) is 6.92 Å². The van der Waals surface area contributed by atoms with E-state index in [1.54, 1.807) is 18.3 Å². The summed E-state index contributed by atoms with van der Waals surface area (Å²) in [4.78, 5) is 10.9. The van der Waals surface area contributed by atoms with Gasteiger partial charge in [-0.3, -0.25) is 0 Å². The summed E-state index contributed by atoms with van der Waals surface area (Å²) in [5, 5.41) is 7.54. The molecule has 0 radical (unpaired) electrons. The molecule has 1 aromatic heterocycles. The lowest BCUT2D eigenvalue weighted by Gasteiger charge is -2.05. The number of carbonyl (C=O) groups is 1. The van der Waals surface area contributed by atoms with Gasteiger partial charge in [0.1, 0.15) is 6.61 Å². The van der Waals surface area contributed by atoms with E-state index in [1.165, 1.54) is 11.1 Å². The largest absolute Gasteiger partial charge is 0.464 e. The van der Waals surface area contributed by atoms with E-state index in [2.05, 4.69) is 23.0 Å². The Morgan fingerprint density at radius 1 is 1.47 bits per heavy atom. The minimum absolute atomic E-state index is 0.0347. The van der Waals surface area contributed by atoms with Crippen molar-refractivity contribution in [2.45, 2.75) is 20.4 Å². The number of esters is 1. The van der Waals surface area contributed by atoms with Gasteiger partial charge < -0.3 is 14.8 Å². The van der Waals surface area contributed by atoms with Crippen molar-refractivity contribution in [1.82, 2.24) is 5.32 Å². The maximum atomic E-state index is 10.9. The van der Waals surface area contributed by atoms with Gasteiger partial charge in [0.15, 0.2) is 0 Å². The lowest BCUT2D eigenvalue weighted by Crippen LogP contribution is -2.21. The van der Waals surface area contributed by atoms with Crippen molar-refractivity contribution in [3.8, 4) is 0 Å². The van der Waals surface area contributed by atoms with Crippen LogP contribution in [0.4, 0.5) is 0 Å². The molecule has 1 N–H and O–H groups in total. The fourth-order valence-electron chi connectivity index (χ4n) is 1.29. The highest BCUT2D eigenvalue weighted by molar-refractivity contribution is 7.08. The third-order valence-corrected chi connectivity index (χ3v) is 3.14. The number of carbonyl (C=O) groups excluding carboxylic acids is 1. The van der Waals surface area contributed by atoms with E-state index >= 15 is 0 Å². The number of nitrogens with one attached hydrogen (secondary N) is 1. The van der Waals surface area contributed by atoms with Crippen LogP contribution in [-0.2, 0) is 20.8 Å². The zero-order valence-electron chi connectivity index (χ0n) is 10.3. The lowest BCUT2D eigenvalue weighted by molar-refractivity contribution is -0.148. The first kappa shape index (κ1) is 14.2. The van der Waals surface area contributed by atoms with Crippen molar-refractivity contribution in [2.24, 2.45) is 0 Å². The molecule has 0 bridgehead atoms. The Bertz CT molecular complexity index is 338. The van der Waals surface area contributed by atoms with Gasteiger partial charge >= 0.3 is 5.97 Å². The second-order valence-corrected chi connectivity index (χ2v) is 4.36. The predicted octanol–water partition coefficient (Wildman–Crippen LogP) is 1.73. The molecule has 0 spiro atoms. The summed E-state index contributed by atoms with van der Waals surface area (Å²) in [6.45, 7) is 6.41. The highest BCUT2D eigenvalue weighted by Crippen LogP contribution is 2.12. The summed E-state index contributed by atoms with van der Waals surface area (Å²) in [5.74, 6) is -0.304. The Kier molecular flexibility index (Phi) is 6.84. The summed E-state index contributed by atoms with van der Waals surface area (Å²) in [6.07, 6.45) is 0. The second-order valence-electron chi connectivity index (χ2n) is 3.61. The molecule has 0 aliphatic rings. The van der Waals surface area contributed by atoms with E-state index in [4.69, 9.17) is 9.47 Å². The van der Waals surface area contributed by atoms with Gasteiger partial charge in [-0.25, -0.2) is 4.79 Å². The minimum atomic E-state index is -0.304. The Labute approximate surface area is 106 Å². The van der Waals surface area contributed by atoms with E-state index in [1.807, 2.05) is 0 Å². The molecule has 0 aromatic carbocycles. The first-order valence-corrected chi connectivity index (χ1v) is 6.64. The number of rotatable bonds is 8. The molecule has 4 nitrogen and oxygen atoms in total. The van der Waals surface area contributed by atoms with Crippen LogP contribution in [0.2, 0.25) is 0 Å². The topological polar surface area (TPSA) is 47.6 Å². The van der Waals surface area contributed by atoms with Gasteiger partial charge in [-0.2, -0.15) is 11.3 Å². The normalized spacial score (nSPS) is 10.5. The molecule has 0 saturated carbocycles. The zero-order valence-corrected chi connectivity index (χ0v) is 11.1. The minimum Gasteiger partial charge on any atom is -0.464 e. The van der Waals surface area contributed by atoms with Gasteiger partial charge in [0.2, 0.25) is 0 Å². The van der Waals surface area contributed by atoms with Crippen molar-refractivity contribution < 1.29 is 14.3 Å². The summed E-state index contributed by atoms with van der Waals surface area (Å²) >= 11 is 1.71. The van der Waals surface area contributed by atoms with Crippen molar-refractivity contribution in [1.29, 1.82) is 0 Å². The molecule has 1 heterocycles. The van der Waals surface area contributed by atoms with E-state index in [0.717, 1.165) is 13.1 Å². The lowest BCUT2D eigenvalue weighted by atomic mass is 10.2. The van der Waals surface area contributed by atoms with Crippen LogP contribution in [0.5, 0.6) is 0 Å². The van der Waals surface area contributed by atoms with Crippen LogP contribution in [0.1, 0.15) is 18.1 Å². The maximum absolute atomic E-state index is 10.9. The molecule has 0 unspecified atom stereocenters. The van der Waals surface area contributed by atoms with Crippen LogP contribution < -0.4 is 5.32 Å². The molecule has 0 fully saturated rings. The molecule has 17 heavy (non-hydrogen) atoms. The standard InChI is InChI=1S/C12H19NO3S/c1-3-16-12(14)7-15-5-4-13-6-11-9-17-8-10(11)2/h8-9,13H,3-7H2,1-2H3. The summed E-state index contributed by atoms with van der Waals surface area (Å²) in [5.41, 5.74) is 2.63. The monoisotopic (exact) mass is 257 g/mol. The Morgan fingerprint density at radius 3 is 2.94 bits per heavy atom. The Hall–Kier alpha value is -0.910. The fourth-order valence-corrected chi connectivity index (χ4v) is 2.15. The average Bonchev–Trinajstić information content (AvgIpc) is 2.70. The van der Waals surface area contributed by atoms with E-state index in [-0.39, 0.29) is 12.6 Å². The first-order chi connectivity index (χ1) is 8.24. The van der Waals surface area contributed by atoms with Crippen molar-refractivity contribution in [2.75, 3.05) is 26.4 Å². The zero-order chi connectivity index (χ0) is 12.5. The molecular weight excluding hydrogens is 238 g/mol. The SMILES string of the molecule is CCOC(=O)COCCNCc1cscc1C. The van der Waals surface area contributed by atoms with Crippen LogP contribution in [0.15, 0.2) is 10.8 Å². The summed E-state index contributed by atoms with van der Waals surface area (Å²) < 4.78 is 9.90. The quantitative estimate of drug-likeness (QED) is 0.569. The van der Waals surface area contributed by atoms with Gasteiger partial charge in [0.05, 0.1) is 13.2 Å². The fraction of sp³-hybridized carbons (Fsp3) is 0.583. The molecule has 96 valence electrons. The maximum Gasteiger partial charge on any atom is 0.332 e. The first-order valence-electron chi connectivity index (χ1n) is 5.69. The molecule has 0 aliphatic heterocycles. The highest BCUT2D eigenvalue weighted by atomic mass is 32.1. The van der Waals surface area contributed by atoms with Crippen LogP contribution in [0.25, 0.3) is 0 Å². The second kappa shape index (κ2) is 8.22. The predicted molar refractivity (Wildman–Crippen MR) is 68.2 cm³/mol. The Morgan fingerprint density at radius 2 is 2.29 bits per heavy atom. The number of aryl methyl sites for hydroxylation is 1. The number of thiophene rings is 1. The van der Waals surface area contributed by atoms with Gasteiger partial charge in [-0.15, -0.1) is 0 Å². The highest BCUT2D eigenvalue weighted by Gasteiger charge is 2.01. The third-order valence-electron chi connectivity index (χ3n) is 2.23. The van der Waals surface area contributed by atoms with E-state index in [9.17, 15) is 4.79 Å². The van der Waals surface area contributed by atoms with Gasteiger partial charge in [0.25, 0.3) is 0 Å². The molecule has 0 atom stereocenters. The number of hydrogen-bond acceptors (Lipinski definition) is 5. The number of hydrogen-bond donors (Lipinski definition) is 1.